The number of ether oxygens (including phenoxy) is 2. The molecule has 7 nitrogen and oxygen atoms in total. The van der Waals surface area contributed by atoms with Gasteiger partial charge in [-0.15, -0.1) is 0 Å². The Morgan fingerprint density at radius 2 is 2.10 bits per heavy atom. The van der Waals surface area contributed by atoms with Gasteiger partial charge in [-0.2, -0.15) is 0 Å². The zero-order valence-corrected chi connectivity index (χ0v) is 18.8. The number of morpholine rings is 1. The lowest BCUT2D eigenvalue weighted by molar-refractivity contribution is 0.0391. The van der Waals surface area contributed by atoms with Gasteiger partial charge in [-0.3, -0.25) is 14.6 Å². The van der Waals surface area contributed by atoms with Crippen LogP contribution in [0.3, 0.4) is 0 Å². The van der Waals surface area contributed by atoms with Gasteiger partial charge in [0.25, 0.3) is 5.91 Å². The van der Waals surface area contributed by atoms with E-state index in [4.69, 9.17) is 30.5 Å². The molecule has 0 N–H and O–H groups in total. The van der Waals surface area contributed by atoms with Crippen LogP contribution in [0.2, 0.25) is 5.02 Å². The molecule has 0 bridgehead atoms. The van der Waals surface area contributed by atoms with E-state index in [2.05, 4.69) is 4.90 Å². The van der Waals surface area contributed by atoms with Gasteiger partial charge in [0, 0.05) is 26.2 Å². The number of hydrogen-bond acceptors (Lipinski definition) is 7. The second-order valence-electron chi connectivity index (χ2n) is 7.16. The fourth-order valence-corrected chi connectivity index (χ4v) is 4.84. The largest absolute Gasteiger partial charge is 0.494 e. The molecule has 1 fully saturated rings. The van der Waals surface area contributed by atoms with Crippen LogP contribution in [0.5, 0.6) is 5.75 Å². The first-order valence-electron chi connectivity index (χ1n) is 9.80. The highest BCUT2D eigenvalue weighted by Crippen LogP contribution is 2.39. The fraction of sp³-hybridized carbons (Fsp3) is 0.429. The van der Waals surface area contributed by atoms with Crippen LogP contribution >= 0.6 is 22.9 Å². The van der Waals surface area contributed by atoms with Crippen LogP contribution in [0.15, 0.2) is 22.6 Å². The molecule has 0 atom stereocenters. The van der Waals surface area contributed by atoms with E-state index in [9.17, 15) is 4.79 Å². The molecule has 3 heterocycles. The van der Waals surface area contributed by atoms with Crippen LogP contribution in [0, 0.1) is 13.8 Å². The Kier molecular flexibility index (Phi) is 6.29. The smallest absolute Gasteiger partial charge is 0.263 e. The van der Waals surface area contributed by atoms with Crippen molar-refractivity contribution in [3.63, 3.8) is 0 Å². The van der Waals surface area contributed by atoms with Gasteiger partial charge in [0.2, 0.25) is 0 Å². The predicted molar refractivity (Wildman–Crippen MR) is 118 cm³/mol. The summed E-state index contributed by atoms with van der Waals surface area (Å²) in [6.45, 7) is 8.00. The highest BCUT2D eigenvalue weighted by atomic mass is 35.5. The SMILES string of the molecule is COc1ccc(Cl)c2sc(N(CCN3CCOCC3)C(=O)c3cc(C)oc3C)nc12. The monoisotopic (exact) mass is 449 g/mol. The van der Waals surface area contributed by atoms with Gasteiger partial charge in [0.15, 0.2) is 5.13 Å². The van der Waals surface area contributed by atoms with Crippen molar-refractivity contribution in [2.45, 2.75) is 13.8 Å². The third-order valence-electron chi connectivity index (χ3n) is 5.16. The van der Waals surface area contributed by atoms with Gasteiger partial charge in [-0.25, -0.2) is 4.98 Å². The fourth-order valence-electron chi connectivity index (χ4n) is 3.56. The molecule has 4 rings (SSSR count). The van der Waals surface area contributed by atoms with Gasteiger partial charge in [-0.05, 0) is 32.0 Å². The molecule has 30 heavy (non-hydrogen) atoms. The average Bonchev–Trinajstić information content (AvgIpc) is 3.33. The van der Waals surface area contributed by atoms with E-state index in [0.717, 1.165) is 24.3 Å². The summed E-state index contributed by atoms with van der Waals surface area (Å²) in [4.78, 5) is 22.2. The molecule has 0 spiro atoms. The van der Waals surface area contributed by atoms with E-state index in [-0.39, 0.29) is 5.91 Å². The molecule has 3 aromatic rings. The number of rotatable bonds is 6. The van der Waals surface area contributed by atoms with Gasteiger partial charge in [0.1, 0.15) is 22.8 Å². The minimum Gasteiger partial charge on any atom is -0.494 e. The Morgan fingerprint density at radius 1 is 1.33 bits per heavy atom. The summed E-state index contributed by atoms with van der Waals surface area (Å²) in [5.41, 5.74) is 1.21. The van der Waals surface area contributed by atoms with Gasteiger partial charge >= 0.3 is 0 Å². The summed E-state index contributed by atoms with van der Waals surface area (Å²) >= 11 is 7.79. The highest BCUT2D eigenvalue weighted by molar-refractivity contribution is 7.23. The number of nitrogens with zero attached hydrogens (tertiary/aromatic N) is 3. The summed E-state index contributed by atoms with van der Waals surface area (Å²) in [6.07, 6.45) is 0. The first-order valence-corrected chi connectivity index (χ1v) is 11.0. The standard InChI is InChI=1S/C21H24ClN3O4S/c1-13-12-15(14(2)29-13)20(26)25(7-6-24-8-10-28-11-9-24)21-23-18-17(27-3)5-4-16(22)19(18)30-21/h4-5,12H,6-11H2,1-3H3. The lowest BCUT2D eigenvalue weighted by atomic mass is 10.2. The van der Waals surface area contributed by atoms with Crippen molar-refractivity contribution in [3.8, 4) is 5.75 Å². The van der Waals surface area contributed by atoms with Crippen LogP contribution < -0.4 is 9.64 Å². The molecule has 1 saturated heterocycles. The van der Waals surface area contributed by atoms with E-state index in [1.165, 1.54) is 11.3 Å². The number of carbonyl (C=O) groups excluding carboxylic acids is 1. The first-order chi connectivity index (χ1) is 14.5. The van der Waals surface area contributed by atoms with Gasteiger partial charge in [0.05, 0.1) is 35.6 Å². The average molecular weight is 450 g/mol. The molecule has 160 valence electrons. The molecule has 1 aliphatic rings. The highest BCUT2D eigenvalue weighted by Gasteiger charge is 2.26. The minimum atomic E-state index is -0.133. The number of anilines is 1. The summed E-state index contributed by atoms with van der Waals surface area (Å²) < 4.78 is 17.3. The third-order valence-corrected chi connectivity index (χ3v) is 6.70. The Bertz CT molecular complexity index is 1060. The number of fused-ring (bicyclic) bond motifs is 1. The maximum atomic E-state index is 13.5. The van der Waals surface area contributed by atoms with Crippen molar-refractivity contribution < 1.29 is 18.7 Å². The third kappa shape index (κ3) is 4.18. The van der Waals surface area contributed by atoms with E-state index in [1.807, 2.05) is 6.92 Å². The molecular weight excluding hydrogens is 426 g/mol. The second-order valence-corrected chi connectivity index (χ2v) is 8.55. The van der Waals surface area contributed by atoms with Crippen LogP contribution in [0.1, 0.15) is 21.9 Å². The van der Waals surface area contributed by atoms with Crippen molar-refractivity contribution >= 4 is 44.2 Å². The first kappa shape index (κ1) is 21.1. The predicted octanol–water partition coefficient (Wildman–Crippen LogP) is 4.15. The van der Waals surface area contributed by atoms with E-state index in [1.54, 1.807) is 37.1 Å². The van der Waals surface area contributed by atoms with Crippen molar-refractivity contribution in [2.75, 3.05) is 51.4 Å². The normalized spacial score (nSPS) is 14.9. The summed E-state index contributed by atoms with van der Waals surface area (Å²) in [5.74, 6) is 1.81. The van der Waals surface area contributed by atoms with Crippen LogP contribution in [-0.2, 0) is 4.74 Å². The molecular formula is C21H24ClN3O4S. The molecule has 0 saturated carbocycles. The maximum absolute atomic E-state index is 13.5. The number of amides is 1. The number of methoxy groups -OCH3 is 1. The number of furan rings is 1. The van der Waals surface area contributed by atoms with Crippen molar-refractivity contribution in [3.05, 3.63) is 40.3 Å². The number of halogens is 1. The van der Waals surface area contributed by atoms with Crippen molar-refractivity contribution in [2.24, 2.45) is 0 Å². The lowest BCUT2D eigenvalue weighted by Crippen LogP contribution is -2.43. The Balaban J connectivity index is 1.70. The summed E-state index contributed by atoms with van der Waals surface area (Å²) in [6, 6.07) is 5.35. The van der Waals surface area contributed by atoms with Crippen LogP contribution in [-0.4, -0.2) is 62.3 Å². The van der Waals surface area contributed by atoms with Crippen LogP contribution in [0.4, 0.5) is 5.13 Å². The van der Waals surface area contributed by atoms with Crippen molar-refractivity contribution in [1.29, 1.82) is 0 Å². The topological polar surface area (TPSA) is 68.0 Å². The molecule has 2 aromatic heterocycles. The number of hydrogen-bond donors (Lipinski definition) is 0. The molecule has 1 aromatic carbocycles. The lowest BCUT2D eigenvalue weighted by Gasteiger charge is -2.29. The number of aromatic nitrogens is 1. The van der Waals surface area contributed by atoms with Crippen LogP contribution in [0.25, 0.3) is 10.2 Å². The van der Waals surface area contributed by atoms with E-state index in [0.29, 0.717) is 58.3 Å². The molecule has 0 unspecified atom stereocenters. The molecule has 9 heteroatoms. The number of carbonyl (C=O) groups is 1. The van der Waals surface area contributed by atoms with E-state index < -0.39 is 0 Å². The Morgan fingerprint density at radius 3 is 2.77 bits per heavy atom. The molecule has 0 radical (unpaired) electrons. The van der Waals surface area contributed by atoms with Gasteiger partial charge in [-0.1, -0.05) is 22.9 Å². The minimum absolute atomic E-state index is 0.133. The van der Waals surface area contributed by atoms with Crippen molar-refractivity contribution in [1.82, 2.24) is 9.88 Å². The summed E-state index contributed by atoms with van der Waals surface area (Å²) in [7, 11) is 1.60. The Hall–Kier alpha value is -2.13. The molecule has 1 amide bonds. The maximum Gasteiger partial charge on any atom is 0.263 e. The Labute approximate surface area is 184 Å². The van der Waals surface area contributed by atoms with E-state index >= 15 is 0 Å². The molecule has 1 aliphatic heterocycles. The molecule has 0 aliphatic carbocycles. The number of aryl methyl sites for hydroxylation is 2. The quantitative estimate of drug-likeness (QED) is 0.563. The zero-order valence-electron chi connectivity index (χ0n) is 17.2. The number of benzene rings is 1. The van der Waals surface area contributed by atoms with Gasteiger partial charge < -0.3 is 13.9 Å². The number of thiazole rings is 1. The second kappa shape index (κ2) is 8.93. The summed E-state index contributed by atoms with van der Waals surface area (Å²) in [5, 5.41) is 1.18. The zero-order chi connectivity index (χ0) is 21.3.